The molecule has 2 rings (SSSR count). The van der Waals surface area contributed by atoms with Crippen molar-refractivity contribution in [2.24, 2.45) is 0 Å². The van der Waals surface area contributed by atoms with Crippen LogP contribution < -0.4 is 4.74 Å². The molecule has 0 amide bonds. The fourth-order valence-corrected chi connectivity index (χ4v) is 1.79. The minimum absolute atomic E-state index is 0.116. The Morgan fingerprint density at radius 1 is 1.41 bits per heavy atom. The highest BCUT2D eigenvalue weighted by molar-refractivity contribution is 5.81. The van der Waals surface area contributed by atoms with Crippen LogP contribution in [0.3, 0.4) is 0 Å². The Hall–Kier alpha value is -1.39. The average molecular weight is 236 g/mol. The number of rotatable bonds is 5. The number of benzene rings is 1. The van der Waals surface area contributed by atoms with Gasteiger partial charge in [-0.1, -0.05) is 12.1 Å². The van der Waals surface area contributed by atoms with Crippen LogP contribution in [-0.4, -0.2) is 32.4 Å². The second-order valence-electron chi connectivity index (χ2n) is 3.94. The van der Waals surface area contributed by atoms with Crippen molar-refractivity contribution >= 4 is 5.78 Å². The zero-order valence-corrected chi connectivity index (χ0v) is 9.85. The van der Waals surface area contributed by atoms with Gasteiger partial charge in [0.15, 0.2) is 6.29 Å². The van der Waals surface area contributed by atoms with E-state index in [9.17, 15) is 4.79 Å². The maximum atomic E-state index is 11.8. The first-order chi connectivity index (χ1) is 8.28. The molecule has 17 heavy (non-hydrogen) atoms. The summed E-state index contributed by atoms with van der Waals surface area (Å²) in [5.74, 6) is 0.883. The van der Waals surface area contributed by atoms with Crippen molar-refractivity contribution in [3.63, 3.8) is 0 Å². The summed E-state index contributed by atoms with van der Waals surface area (Å²) < 4.78 is 15.6. The van der Waals surface area contributed by atoms with Crippen molar-refractivity contribution in [1.82, 2.24) is 0 Å². The summed E-state index contributed by atoms with van der Waals surface area (Å²) in [6.45, 7) is 1.16. The van der Waals surface area contributed by atoms with Crippen LogP contribution >= 0.6 is 0 Å². The highest BCUT2D eigenvalue weighted by atomic mass is 16.7. The normalized spacial score (nSPS) is 16.1. The first-order valence-corrected chi connectivity index (χ1v) is 5.66. The predicted octanol–water partition coefficient (Wildman–Crippen LogP) is 1.57. The van der Waals surface area contributed by atoms with E-state index in [1.165, 1.54) is 0 Å². The molecule has 0 saturated carbocycles. The van der Waals surface area contributed by atoms with E-state index in [1.807, 2.05) is 24.3 Å². The highest BCUT2D eigenvalue weighted by Gasteiger charge is 2.19. The third-order valence-electron chi connectivity index (χ3n) is 2.62. The van der Waals surface area contributed by atoms with Gasteiger partial charge in [-0.3, -0.25) is 4.79 Å². The lowest BCUT2D eigenvalue weighted by Crippen LogP contribution is -2.15. The van der Waals surface area contributed by atoms with Crippen LogP contribution in [0.1, 0.15) is 12.0 Å². The molecular formula is C13H16O4. The molecule has 1 saturated heterocycles. The molecule has 0 bridgehead atoms. The molecule has 0 unspecified atom stereocenters. The zero-order valence-electron chi connectivity index (χ0n) is 9.85. The molecule has 1 fully saturated rings. The van der Waals surface area contributed by atoms with Crippen LogP contribution in [0.5, 0.6) is 5.75 Å². The van der Waals surface area contributed by atoms with Gasteiger partial charge in [-0.15, -0.1) is 0 Å². The Balaban J connectivity index is 1.88. The molecule has 0 N–H and O–H groups in total. The lowest BCUT2D eigenvalue weighted by Gasteiger charge is -2.08. The second kappa shape index (κ2) is 5.80. The molecule has 0 aliphatic carbocycles. The molecule has 92 valence electrons. The summed E-state index contributed by atoms with van der Waals surface area (Å²) in [5, 5.41) is 0. The van der Waals surface area contributed by atoms with Gasteiger partial charge in [-0.05, 0) is 17.7 Å². The zero-order chi connectivity index (χ0) is 12.1. The standard InChI is InChI=1S/C13H16O4/c1-15-12-4-2-3-10(8-12)7-11(14)9-13-16-5-6-17-13/h2-4,8,13H,5-7,9H2,1H3. The van der Waals surface area contributed by atoms with Crippen LogP contribution in [0.4, 0.5) is 0 Å². The predicted molar refractivity (Wildman–Crippen MR) is 62.0 cm³/mol. The second-order valence-corrected chi connectivity index (χ2v) is 3.94. The van der Waals surface area contributed by atoms with E-state index < -0.39 is 0 Å². The Morgan fingerprint density at radius 2 is 2.18 bits per heavy atom. The molecule has 1 heterocycles. The van der Waals surface area contributed by atoms with E-state index >= 15 is 0 Å². The van der Waals surface area contributed by atoms with E-state index in [-0.39, 0.29) is 12.1 Å². The summed E-state index contributed by atoms with van der Waals surface area (Å²) in [5.41, 5.74) is 0.951. The minimum Gasteiger partial charge on any atom is -0.497 e. The molecule has 4 heteroatoms. The smallest absolute Gasteiger partial charge is 0.164 e. The quantitative estimate of drug-likeness (QED) is 0.778. The van der Waals surface area contributed by atoms with Gasteiger partial charge in [0.1, 0.15) is 11.5 Å². The van der Waals surface area contributed by atoms with Gasteiger partial charge in [0.05, 0.1) is 26.7 Å². The van der Waals surface area contributed by atoms with Crippen LogP contribution in [0, 0.1) is 0 Å². The summed E-state index contributed by atoms with van der Waals surface area (Å²) in [7, 11) is 1.61. The topological polar surface area (TPSA) is 44.8 Å². The number of ether oxygens (including phenoxy) is 3. The van der Waals surface area contributed by atoms with Gasteiger partial charge in [-0.2, -0.15) is 0 Å². The van der Waals surface area contributed by atoms with E-state index in [1.54, 1.807) is 7.11 Å². The Bertz CT molecular complexity index is 383. The number of ketones is 1. The van der Waals surface area contributed by atoms with Crippen molar-refractivity contribution in [3.8, 4) is 5.75 Å². The summed E-state index contributed by atoms with van der Waals surface area (Å²) in [6.07, 6.45) is 0.352. The number of carbonyl (C=O) groups is 1. The number of hydrogen-bond acceptors (Lipinski definition) is 4. The van der Waals surface area contributed by atoms with E-state index in [0.717, 1.165) is 11.3 Å². The van der Waals surface area contributed by atoms with Crippen molar-refractivity contribution in [2.75, 3.05) is 20.3 Å². The Labute approximate surface area is 100 Å². The lowest BCUT2D eigenvalue weighted by atomic mass is 10.1. The fraction of sp³-hybridized carbons (Fsp3) is 0.462. The minimum atomic E-state index is -0.354. The molecule has 0 aromatic heterocycles. The summed E-state index contributed by atoms with van der Waals surface area (Å²) in [6, 6.07) is 7.52. The molecule has 1 aromatic rings. The van der Waals surface area contributed by atoms with Crippen molar-refractivity contribution < 1.29 is 19.0 Å². The lowest BCUT2D eigenvalue weighted by molar-refractivity contribution is -0.126. The molecule has 0 atom stereocenters. The third-order valence-corrected chi connectivity index (χ3v) is 2.62. The van der Waals surface area contributed by atoms with Crippen LogP contribution in [0.15, 0.2) is 24.3 Å². The Morgan fingerprint density at radius 3 is 2.88 bits per heavy atom. The van der Waals surface area contributed by atoms with Crippen molar-refractivity contribution in [3.05, 3.63) is 29.8 Å². The molecule has 1 aliphatic heterocycles. The number of methoxy groups -OCH3 is 1. The maximum Gasteiger partial charge on any atom is 0.164 e. The van der Waals surface area contributed by atoms with Gasteiger partial charge in [0, 0.05) is 6.42 Å². The molecule has 4 nitrogen and oxygen atoms in total. The number of Topliss-reactive ketones (excluding diaryl/α,β-unsaturated/α-hetero) is 1. The molecular weight excluding hydrogens is 220 g/mol. The van der Waals surface area contributed by atoms with Crippen LogP contribution in [0.25, 0.3) is 0 Å². The summed E-state index contributed by atoms with van der Waals surface area (Å²) in [4.78, 5) is 11.8. The van der Waals surface area contributed by atoms with Gasteiger partial charge in [0.25, 0.3) is 0 Å². The van der Waals surface area contributed by atoms with E-state index in [0.29, 0.717) is 26.1 Å². The maximum absolute atomic E-state index is 11.8. The fourth-order valence-electron chi connectivity index (χ4n) is 1.79. The van der Waals surface area contributed by atoms with Gasteiger partial charge in [-0.25, -0.2) is 0 Å². The van der Waals surface area contributed by atoms with Gasteiger partial charge < -0.3 is 14.2 Å². The first-order valence-electron chi connectivity index (χ1n) is 5.66. The Kier molecular flexibility index (Phi) is 4.12. The largest absolute Gasteiger partial charge is 0.497 e. The number of carbonyl (C=O) groups excluding carboxylic acids is 1. The van der Waals surface area contributed by atoms with Crippen LogP contribution in [-0.2, 0) is 20.7 Å². The molecule has 1 aliphatic rings. The molecule has 0 spiro atoms. The monoisotopic (exact) mass is 236 g/mol. The van der Waals surface area contributed by atoms with Crippen molar-refractivity contribution in [2.45, 2.75) is 19.1 Å². The number of hydrogen-bond donors (Lipinski definition) is 0. The first kappa shape index (κ1) is 12.1. The highest BCUT2D eigenvalue weighted by Crippen LogP contribution is 2.15. The van der Waals surface area contributed by atoms with Gasteiger partial charge >= 0.3 is 0 Å². The summed E-state index contributed by atoms with van der Waals surface area (Å²) >= 11 is 0. The average Bonchev–Trinajstić information content (AvgIpc) is 2.82. The van der Waals surface area contributed by atoms with Gasteiger partial charge in [0.2, 0.25) is 0 Å². The van der Waals surface area contributed by atoms with E-state index in [4.69, 9.17) is 14.2 Å². The van der Waals surface area contributed by atoms with E-state index in [2.05, 4.69) is 0 Å². The van der Waals surface area contributed by atoms with Crippen LogP contribution in [0.2, 0.25) is 0 Å². The SMILES string of the molecule is COc1cccc(CC(=O)CC2OCCO2)c1. The third kappa shape index (κ3) is 3.54. The molecule has 1 aromatic carbocycles. The molecule has 0 radical (unpaired) electrons. The van der Waals surface area contributed by atoms with Crippen molar-refractivity contribution in [1.29, 1.82) is 0 Å².